The Hall–Kier alpha value is -1.84. The summed E-state index contributed by atoms with van der Waals surface area (Å²) in [6.45, 7) is 5.96. The third-order valence-electron chi connectivity index (χ3n) is 3.71. The fourth-order valence-corrected chi connectivity index (χ4v) is 2.29. The highest BCUT2D eigenvalue weighted by atomic mass is 16.4. The Labute approximate surface area is 107 Å². The van der Waals surface area contributed by atoms with Crippen LogP contribution in [0, 0.1) is 5.41 Å². The number of nitrogens with zero attached hydrogens (tertiary/aromatic N) is 2. The third-order valence-corrected chi connectivity index (χ3v) is 3.71. The van der Waals surface area contributed by atoms with Crippen molar-refractivity contribution in [3.8, 4) is 0 Å². The Bertz CT molecular complexity index is 480. The highest BCUT2D eigenvalue weighted by molar-refractivity contribution is 6.14. The summed E-state index contributed by atoms with van der Waals surface area (Å²) in [4.78, 5) is 14.1. The summed E-state index contributed by atoms with van der Waals surface area (Å²) >= 11 is 0. The van der Waals surface area contributed by atoms with Gasteiger partial charge in [0, 0.05) is 0 Å². The number of hydrogen-bond donors (Lipinski definition) is 1. The van der Waals surface area contributed by atoms with Crippen LogP contribution in [-0.4, -0.2) is 28.3 Å². The predicted octanol–water partition coefficient (Wildman–Crippen LogP) is 2.45. The van der Waals surface area contributed by atoms with Crippen molar-refractivity contribution >= 4 is 11.6 Å². The molecular weight excluding hydrogens is 228 g/mol. The Kier molecular flexibility index (Phi) is 3.11. The van der Waals surface area contributed by atoms with Crippen LogP contribution >= 0.6 is 0 Å². The van der Waals surface area contributed by atoms with E-state index >= 15 is 0 Å². The van der Waals surface area contributed by atoms with E-state index in [2.05, 4.69) is 5.16 Å². The smallest absolute Gasteiger partial charge is 0.234 e. The molecule has 0 spiro atoms. The number of amides is 1. The molecule has 18 heavy (non-hydrogen) atoms. The van der Waals surface area contributed by atoms with Gasteiger partial charge in [-0.1, -0.05) is 35.5 Å². The molecule has 0 radical (unpaired) electrons. The molecule has 96 valence electrons. The normalized spacial score (nSPS) is 22.5. The molecule has 1 aromatic carbocycles. The average molecular weight is 246 g/mol. The van der Waals surface area contributed by atoms with E-state index in [9.17, 15) is 4.79 Å². The zero-order valence-electron chi connectivity index (χ0n) is 10.9. The maximum Gasteiger partial charge on any atom is 0.234 e. The SMILES string of the molecule is C[C@H](c1ccccc1)N1C/C(=N/O)C(C)(C)C1=O. The fourth-order valence-electron chi connectivity index (χ4n) is 2.29. The van der Waals surface area contributed by atoms with Crippen molar-refractivity contribution in [2.24, 2.45) is 10.6 Å². The highest BCUT2D eigenvalue weighted by Gasteiger charge is 2.46. The summed E-state index contributed by atoms with van der Waals surface area (Å²) in [6.07, 6.45) is 0. The number of likely N-dealkylation sites (tertiary alicyclic amines) is 1. The van der Waals surface area contributed by atoms with Crippen molar-refractivity contribution in [1.29, 1.82) is 0 Å². The lowest BCUT2D eigenvalue weighted by molar-refractivity contribution is -0.135. The van der Waals surface area contributed by atoms with Crippen molar-refractivity contribution in [1.82, 2.24) is 4.90 Å². The first-order chi connectivity index (χ1) is 8.48. The third kappa shape index (κ3) is 1.88. The first-order valence-corrected chi connectivity index (χ1v) is 6.06. The number of carbonyl (C=O) groups is 1. The van der Waals surface area contributed by atoms with Crippen LogP contribution in [0.15, 0.2) is 35.5 Å². The molecule has 0 unspecified atom stereocenters. The fraction of sp³-hybridized carbons (Fsp3) is 0.429. The zero-order valence-corrected chi connectivity index (χ0v) is 10.9. The zero-order chi connectivity index (χ0) is 13.3. The lowest BCUT2D eigenvalue weighted by Crippen LogP contribution is -2.33. The maximum atomic E-state index is 12.3. The Morgan fingerprint density at radius 1 is 1.33 bits per heavy atom. The first-order valence-electron chi connectivity index (χ1n) is 6.06. The summed E-state index contributed by atoms with van der Waals surface area (Å²) in [5.41, 5.74) is 0.897. The van der Waals surface area contributed by atoms with E-state index in [4.69, 9.17) is 5.21 Å². The average Bonchev–Trinajstić information content (AvgIpc) is 2.61. The van der Waals surface area contributed by atoms with E-state index < -0.39 is 5.41 Å². The van der Waals surface area contributed by atoms with Crippen molar-refractivity contribution in [2.75, 3.05) is 6.54 Å². The molecule has 1 amide bonds. The van der Waals surface area contributed by atoms with E-state index in [1.54, 1.807) is 18.7 Å². The molecule has 0 aliphatic carbocycles. The van der Waals surface area contributed by atoms with Crippen molar-refractivity contribution < 1.29 is 10.0 Å². The number of oxime groups is 1. The highest BCUT2D eigenvalue weighted by Crippen LogP contribution is 2.34. The van der Waals surface area contributed by atoms with Gasteiger partial charge in [0.15, 0.2) is 0 Å². The molecule has 1 heterocycles. The second-order valence-corrected chi connectivity index (χ2v) is 5.19. The van der Waals surface area contributed by atoms with Crippen LogP contribution in [0.25, 0.3) is 0 Å². The van der Waals surface area contributed by atoms with Gasteiger partial charge in [-0.3, -0.25) is 4.79 Å². The van der Waals surface area contributed by atoms with Crippen LogP contribution in [0.3, 0.4) is 0 Å². The summed E-state index contributed by atoms with van der Waals surface area (Å²) < 4.78 is 0. The van der Waals surface area contributed by atoms with Crippen LogP contribution in [0.5, 0.6) is 0 Å². The van der Waals surface area contributed by atoms with E-state index in [1.165, 1.54) is 0 Å². The molecule has 0 aromatic heterocycles. The predicted molar refractivity (Wildman–Crippen MR) is 69.6 cm³/mol. The van der Waals surface area contributed by atoms with Gasteiger partial charge < -0.3 is 10.1 Å². The Morgan fingerprint density at radius 2 is 1.94 bits per heavy atom. The van der Waals surface area contributed by atoms with E-state index in [0.29, 0.717) is 12.3 Å². The van der Waals surface area contributed by atoms with Gasteiger partial charge in [0.1, 0.15) is 0 Å². The van der Waals surface area contributed by atoms with Crippen LogP contribution in [0.2, 0.25) is 0 Å². The van der Waals surface area contributed by atoms with Gasteiger partial charge >= 0.3 is 0 Å². The van der Waals surface area contributed by atoms with E-state index in [0.717, 1.165) is 5.56 Å². The molecule has 0 saturated carbocycles. The second kappa shape index (κ2) is 4.44. The minimum absolute atomic E-state index is 0.00616. The van der Waals surface area contributed by atoms with Gasteiger partial charge in [-0.15, -0.1) is 0 Å². The van der Waals surface area contributed by atoms with Crippen LogP contribution in [0.1, 0.15) is 32.4 Å². The molecule has 2 rings (SSSR count). The number of benzene rings is 1. The van der Waals surface area contributed by atoms with Crippen LogP contribution < -0.4 is 0 Å². The molecule has 1 aliphatic rings. The second-order valence-electron chi connectivity index (χ2n) is 5.19. The molecule has 1 fully saturated rings. The van der Waals surface area contributed by atoms with E-state index in [-0.39, 0.29) is 11.9 Å². The van der Waals surface area contributed by atoms with Gasteiger partial charge in [0.25, 0.3) is 0 Å². The van der Waals surface area contributed by atoms with Crippen LogP contribution in [0.4, 0.5) is 0 Å². The minimum Gasteiger partial charge on any atom is -0.411 e. The van der Waals surface area contributed by atoms with Crippen LogP contribution in [-0.2, 0) is 4.79 Å². The van der Waals surface area contributed by atoms with E-state index in [1.807, 2.05) is 37.3 Å². The van der Waals surface area contributed by atoms with Gasteiger partial charge in [-0.25, -0.2) is 0 Å². The summed E-state index contributed by atoms with van der Waals surface area (Å²) in [5, 5.41) is 12.3. The summed E-state index contributed by atoms with van der Waals surface area (Å²) in [5.74, 6) is 0.00616. The van der Waals surface area contributed by atoms with Gasteiger partial charge in [-0.2, -0.15) is 0 Å². The molecule has 4 heteroatoms. The molecule has 1 aromatic rings. The summed E-state index contributed by atoms with van der Waals surface area (Å²) in [7, 11) is 0. The Balaban J connectivity index is 2.29. The molecule has 4 nitrogen and oxygen atoms in total. The first kappa shape index (κ1) is 12.6. The lowest BCUT2D eigenvalue weighted by atomic mass is 9.90. The van der Waals surface area contributed by atoms with Crippen molar-refractivity contribution in [3.63, 3.8) is 0 Å². The van der Waals surface area contributed by atoms with Gasteiger partial charge in [0.05, 0.1) is 23.7 Å². The Morgan fingerprint density at radius 3 is 2.44 bits per heavy atom. The minimum atomic E-state index is -0.711. The molecule has 1 saturated heterocycles. The van der Waals surface area contributed by atoms with Crippen molar-refractivity contribution in [3.05, 3.63) is 35.9 Å². The molecule has 1 N–H and O–H groups in total. The monoisotopic (exact) mass is 246 g/mol. The number of carbonyl (C=O) groups excluding carboxylic acids is 1. The number of rotatable bonds is 2. The number of hydrogen-bond acceptors (Lipinski definition) is 3. The standard InChI is InChI=1S/C14H18N2O2/c1-10(11-7-5-4-6-8-11)16-9-12(15-18)14(2,3)13(16)17/h4-8,10,18H,9H2,1-3H3/b15-12-/t10-/m1/s1. The maximum absolute atomic E-state index is 12.3. The summed E-state index contributed by atoms with van der Waals surface area (Å²) in [6, 6.07) is 9.85. The quantitative estimate of drug-likeness (QED) is 0.643. The largest absolute Gasteiger partial charge is 0.411 e. The molecule has 1 atom stereocenters. The topological polar surface area (TPSA) is 52.9 Å². The van der Waals surface area contributed by atoms with Gasteiger partial charge in [-0.05, 0) is 26.3 Å². The van der Waals surface area contributed by atoms with Crippen molar-refractivity contribution in [2.45, 2.75) is 26.8 Å². The molecule has 0 bridgehead atoms. The van der Waals surface area contributed by atoms with Gasteiger partial charge in [0.2, 0.25) is 5.91 Å². The molecular formula is C14H18N2O2. The molecule has 1 aliphatic heterocycles. The lowest BCUT2D eigenvalue weighted by Gasteiger charge is -2.25.